The van der Waals surface area contributed by atoms with E-state index in [0.717, 1.165) is 12.2 Å². The average molecular weight is 239 g/mol. The van der Waals surface area contributed by atoms with Crippen molar-refractivity contribution in [3.05, 3.63) is 28.8 Å². The van der Waals surface area contributed by atoms with Gasteiger partial charge >= 0.3 is 0 Å². The molecule has 0 saturated heterocycles. The molecule has 0 aliphatic rings. The van der Waals surface area contributed by atoms with Crippen molar-refractivity contribution in [2.45, 2.75) is 19.6 Å². The highest BCUT2D eigenvalue weighted by molar-refractivity contribution is 7.71. The van der Waals surface area contributed by atoms with Crippen molar-refractivity contribution >= 4 is 12.2 Å². The summed E-state index contributed by atoms with van der Waals surface area (Å²) in [6.45, 7) is 0.545. The summed E-state index contributed by atoms with van der Waals surface area (Å²) in [7, 11) is 1.95. The Morgan fingerprint density at radius 3 is 2.94 bits per heavy atom. The molecule has 0 aliphatic carbocycles. The molecule has 0 amide bonds. The summed E-state index contributed by atoms with van der Waals surface area (Å²) < 4.78 is 4.27. The molecule has 86 valence electrons. The van der Waals surface area contributed by atoms with Crippen LogP contribution in [0.1, 0.15) is 11.6 Å². The number of aliphatic hydroxyl groups excluding tert-OH is 1. The van der Waals surface area contributed by atoms with E-state index in [9.17, 15) is 0 Å². The first-order chi connectivity index (χ1) is 7.72. The molecule has 2 aromatic heterocycles. The second kappa shape index (κ2) is 4.58. The molecule has 2 rings (SSSR count). The van der Waals surface area contributed by atoms with Crippen LogP contribution in [0.25, 0.3) is 0 Å². The Morgan fingerprint density at radius 1 is 1.50 bits per heavy atom. The van der Waals surface area contributed by atoms with Gasteiger partial charge in [0.2, 0.25) is 0 Å². The number of aromatic amines is 1. The number of aryl methyl sites for hydroxylation is 2. The topological polar surface area (TPSA) is 71.7 Å². The maximum Gasteiger partial charge on any atom is 0.195 e. The molecule has 0 unspecified atom stereocenters. The molecule has 7 heteroatoms. The van der Waals surface area contributed by atoms with Crippen LogP contribution in [-0.4, -0.2) is 29.4 Å². The lowest BCUT2D eigenvalue weighted by atomic mass is 10.4. The number of aliphatic hydroxyl groups is 1. The van der Waals surface area contributed by atoms with Crippen LogP contribution in [0.15, 0.2) is 12.4 Å². The molecule has 0 radical (unpaired) electrons. The molecule has 16 heavy (non-hydrogen) atoms. The number of nitrogens with one attached hydrogen (secondary N) is 1. The Bertz CT molecular complexity index is 526. The van der Waals surface area contributed by atoms with Crippen molar-refractivity contribution in [1.82, 2.24) is 24.3 Å². The van der Waals surface area contributed by atoms with Crippen LogP contribution >= 0.6 is 12.2 Å². The van der Waals surface area contributed by atoms with Crippen molar-refractivity contribution in [2.75, 3.05) is 0 Å². The first-order valence-electron chi connectivity index (χ1n) is 4.93. The Kier molecular flexibility index (Phi) is 3.16. The van der Waals surface area contributed by atoms with Gasteiger partial charge < -0.3 is 14.2 Å². The summed E-state index contributed by atoms with van der Waals surface area (Å²) in [5.41, 5.74) is 0. The number of hydrogen-bond acceptors (Lipinski definition) is 4. The summed E-state index contributed by atoms with van der Waals surface area (Å²) in [6.07, 6.45) is 4.41. The van der Waals surface area contributed by atoms with E-state index >= 15 is 0 Å². The maximum atomic E-state index is 9.07. The zero-order chi connectivity index (χ0) is 11.5. The maximum absolute atomic E-state index is 9.07. The number of hydrogen-bond donors (Lipinski definition) is 2. The van der Waals surface area contributed by atoms with Gasteiger partial charge in [0, 0.05) is 32.4 Å². The standard InChI is InChI=1S/C9H13N5OS/c1-13-5-3-10-7(13)2-4-14-8(6-15)11-12-9(14)16/h3,5,15H,2,4,6H2,1H3,(H,12,16). The van der Waals surface area contributed by atoms with Gasteiger partial charge in [0.25, 0.3) is 0 Å². The van der Waals surface area contributed by atoms with Crippen molar-refractivity contribution in [3.63, 3.8) is 0 Å². The summed E-state index contributed by atoms with van der Waals surface area (Å²) in [5, 5.41) is 15.7. The second-order valence-corrected chi connectivity index (χ2v) is 3.85. The second-order valence-electron chi connectivity index (χ2n) is 3.46. The van der Waals surface area contributed by atoms with Gasteiger partial charge in [-0.25, -0.2) is 4.98 Å². The first-order valence-corrected chi connectivity index (χ1v) is 5.34. The smallest absolute Gasteiger partial charge is 0.195 e. The van der Waals surface area contributed by atoms with Crippen LogP contribution in [-0.2, 0) is 26.6 Å². The fourth-order valence-corrected chi connectivity index (χ4v) is 1.79. The van der Waals surface area contributed by atoms with Gasteiger partial charge in [0.15, 0.2) is 10.6 Å². The van der Waals surface area contributed by atoms with Gasteiger partial charge in [-0.05, 0) is 12.2 Å². The van der Waals surface area contributed by atoms with E-state index in [0.29, 0.717) is 17.1 Å². The van der Waals surface area contributed by atoms with Gasteiger partial charge in [-0.3, -0.25) is 5.10 Å². The summed E-state index contributed by atoms with van der Waals surface area (Å²) in [5.74, 6) is 1.53. The molecular formula is C9H13N5OS. The molecule has 6 nitrogen and oxygen atoms in total. The van der Waals surface area contributed by atoms with Crippen molar-refractivity contribution < 1.29 is 5.11 Å². The molecule has 0 fully saturated rings. The third kappa shape index (κ3) is 2.05. The van der Waals surface area contributed by atoms with Gasteiger partial charge in [0.05, 0.1) is 0 Å². The highest BCUT2D eigenvalue weighted by Gasteiger charge is 2.06. The average Bonchev–Trinajstić information content (AvgIpc) is 2.82. The summed E-state index contributed by atoms with van der Waals surface area (Å²) in [4.78, 5) is 4.22. The number of rotatable bonds is 4. The molecule has 2 aromatic rings. The monoisotopic (exact) mass is 239 g/mol. The van der Waals surface area contributed by atoms with Crippen molar-refractivity contribution in [1.29, 1.82) is 0 Å². The Labute approximate surface area is 97.6 Å². The fraction of sp³-hybridized carbons (Fsp3) is 0.444. The number of imidazole rings is 1. The molecule has 0 aliphatic heterocycles. The predicted octanol–water partition coefficient (Wildman–Crippen LogP) is 0.409. The lowest BCUT2D eigenvalue weighted by molar-refractivity contribution is 0.264. The van der Waals surface area contributed by atoms with Crippen LogP contribution in [0, 0.1) is 4.77 Å². The highest BCUT2D eigenvalue weighted by Crippen LogP contribution is 2.02. The number of nitrogens with zero attached hydrogens (tertiary/aromatic N) is 4. The van der Waals surface area contributed by atoms with E-state index in [1.165, 1.54) is 0 Å². The Balaban J connectivity index is 2.13. The summed E-state index contributed by atoms with van der Waals surface area (Å²) in [6, 6.07) is 0. The van der Waals surface area contributed by atoms with Gasteiger partial charge in [-0.15, -0.1) is 0 Å². The zero-order valence-corrected chi connectivity index (χ0v) is 9.74. The quantitative estimate of drug-likeness (QED) is 0.758. The molecule has 2 heterocycles. The molecule has 0 spiro atoms. The molecular weight excluding hydrogens is 226 g/mol. The van der Waals surface area contributed by atoms with E-state index in [1.807, 2.05) is 17.8 Å². The van der Waals surface area contributed by atoms with Crippen molar-refractivity contribution in [3.8, 4) is 0 Å². The number of H-pyrrole nitrogens is 1. The SMILES string of the molecule is Cn1ccnc1CCn1c(CO)n[nH]c1=S. The normalized spacial score (nSPS) is 10.9. The molecule has 0 atom stereocenters. The van der Waals surface area contributed by atoms with Gasteiger partial charge in [-0.2, -0.15) is 5.10 Å². The molecule has 2 N–H and O–H groups in total. The van der Waals surface area contributed by atoms with E-state index in [1.54, 1.807) is 10.8 Å². The third-order valence-corrected chi connectivity index (χ3v) is 2.77. The zero-order valence-electron chi connectivity index (χ0n) is 8.92. The minimum Gasteiger partial charge on any atom is -0.388 e. The molecule has 0 saturated carbocycles. The molecule has 0 bridgehead atoms. The summed E-state index contributed by atoms with van der Waals surface area (Å²) >= 11 is 5.07. The Hall–Kier alpha value is -1.47. The van der Waals surface area contributed by atoms with Gasteiger partial charge in [0.1, 0.15) is 12.4 Å². The third-order valence-electron chi connectivity index (χ3n) is 2.46. The van der Waals surface area contributed by atoms with E-state index in [2.05, 4.69) is 15.2 Å². The van der Waals surface area contributed by atoms with E-state index < -0.39 is 0 Å². The van der Waals surface area contributed by atoms with Crippen LogP contribution in [0.4, 0.5) is 0 Å². The van der Waals surface area contributed by atoms with Crippen LogP contribution in [0.5, 0.6) is 0 Å². The van der Waals surface area contributed by atoms with E-state index in [4.69, 9.17) is 17.3 Å². The lowest BCUT2D eigenvalue weighted by Gasteiger charge is -2.05. The minimum atomic E-state index is -0.117. The van der Waals surface area contributed by atoms with E-state index in [-0.39, 0.29) is 6.61 Å². The van der Waals surface area contributed by atoms with Crippen LogP contribution in [0.3, 0.4) is 0 Å². The van der Waals surface area contributed by atoms with Gasteiger partial charge in [-0.1, -0.05) is 0 Å². The number of aromatic nitrogens is 5. The first kappa shape index (κ1) is 11.0. The fourth-order valence-electron chi connectivity index (χ4n) is 1.55. The molecule has 0 aromatic carbocycles. The van der Waals surface area contributed by atoms with Crippen molar-refractivity contribution in [2.24, 2.45) is 7.05 Å². The highest BCUT2D eigenvalue weighted by atomic mass is 32.1. The largest absolute Gasteiger partial charge is 0.388 e. The lowest BCUT2D eigenvalue weighted by Crippen LogP contribution is -2.09. The predicted molar refractivity (Wildman–Crippen MR) is 60.2 cm³/mol. The minimum absolute atomic E-state index is 0.117. The van der Waals surface area contributed by atoms with Crippen LogP contribution in [0.2, 0.25) is 0 Å². The Morgan fingerprint density at radius 2 is 2.31 bits per heavy atom. The van der Waals surface area contributed by atoms with Crippen LogP contribution < -0.4 is 0 Å².